The quantitative estimate of drug-likeness (QED) is 0.350. The Balaban J connectivity index is 3.33. The molecule has 3 N–H and O–H groups in total. The lowest BCUT2D eigenvalue weighted by molar-refractivity contribution is -0.155. The molecule has 0 aliphatic rings. The summed E-state index contributed by atoms with van der Waals surface area (Å²) in [6.45, 7) is 10.3. The third kappa shape index (κ3) is 7.85. The molecule has 33 heavy (non-hydrogen) atoms. The monoisotopic (exact) mass is 465 g/mol. The van der Waals surface area contributed by atoms with Crippen molar-refractivity contribution in [1.82, 2.24) is 0 Å². The molecule has 0 saturated heterocycles. The van der Waals surface area contributed by atoms with Crippen molar-refractivity contribution in [2.24, 2.45) is 17.1 Å². The normalized spacial score (nSPS) is 14.0. The van der Waals surface area contributed by atoms with Gasteiger partial charge < -0.3 is 25.1 Å². The summed E-state index contributed by atoms with van der Waals surface area (Å²) in [5, 5.41) is 9.58. The van der Waals surface area contributed by atoms with E-state index in [4.69, 9.17) is 19.9 Å². The average Bonchev–Trinajstić information content (AvgIpc) is 2.78. The van der Waals surface area contributed by atoms with Crippen LogP contribution in [0.5, 0.6) is 11.5 Å². The molecule has 1 aromatic rings. The Morgan fingerprint density at radius 2 is 1.55 bits per heavy atom. The highest BCUT2D eigenvalue weighted by atomic mass is 16.6. The first-order valence-corrected chi connectivity index (χ1v) is 11.1. The second-order valence-corrected chi connectivity index (χ2v) is 8.56. The molecule has 1 rings (SSSR count). The van der Waals surface area contributed by atoms with Crippen LogP contribution in [-0.4, -0.2) is 41.6 Å². The van der Waals surface area contributed by atoms with Crippen LogP contribution in [0, 0.1) is 11.3 Å². The molecular weight excluding hydrogens is 430 g/mol. The second kappa shape index (κ2) is 12.3. The third-order valence-electron chi connectivity index (χ3n) is 5.58. The van der Waals surface area contributed by atoms with E-state index in [2.05, 4.69) is 0 Å². The van der Waals surface area contributed by atoms with Gasteiger partial charge in [0, 0.05) is 18.8 Å². The number of aliphatic carboxylic acids is 1. The van der Waals surface area contributed by atoms with Gasteiger partial charge in [0.2, 0.25) is 0 Å². The van der Waals surface area contributed by atoms with Gasteiger partial charge in [-0.2, -0.15) is 0 Å². The molecule has 9 nitrogen and oxygen atoms in total. The molecule has 0 heterocycles. The van der Waals surface area contributed by atoms with Crippen LogP contribution in [-0.2, 0) is 23.9 Å². The third-order valence-corrected chi connectivity index (χ3v) is 5.58. The molecule has 0 aliphatic carbocycles. The Morgan fingerprint density at radius 3 is 2.03 bits per heavy atom. The van der Waals surface area contributed by atoms with Crippen LogP contribution in [0.1, 0.15) is 72.3 Å². The van der Waals surface area contributed by atoms with E-state index in [0.717, 1.165) is 0 Å². The van der Waals surface area contributed by atoms with Gasteiger partial charge in [0.05, 0.1) is 12.0 Å². The fourth-order valence-electron chi connectivity index (χ4n) is 2.98. The zero-order chi connectivity index (χ0) is 25.3. The summed E-state index contributed by atoms with van der Waals surface area (Å²) in [6.07, 6.45) is 0.789. The number of benzene rings is 1. The second-order valence-electron chi connectivity index (χ2n) is 8.56. The van der Waals surface area contributed by atoms with E-state index in [0.29, 0.717) is 12.0 Å². The maximum Gasteiger partial charge on any atom is 0.321 e. The van der Waals surface area contributed by atoms with Gasteiger partial charge in [-0.3, -0.25) is 19.2 Å². The van der Waals surface area contributed by atoms with Crippen LogP contribution in [0.3, 0.4) is 0 Å². The molecule has 1 aromatic carbocycles. The molecule has 0 bridgehead atoms. The van der Waals surface area contributed by atoms with Crippen LogP contribution in [0.25, 0.3) is 0 Å². The van der Waals surface area contributed by atoms with Crippen molar-refractivity contribution < 1.29 is 38.5 Å². The number of carbonyl (C=O) groups is 4. The number of carboxylic acids is 1. The first-order valence-electron chi connectivity index (χ1n) is 11.1. The summed E-state index contributed by atoms with van der Waals surface area (Å²) in [5.41, 5.74) is 5.77. The lowest BCUT2D eigenvalue weighted by Crippen LogP contribution is -2.41. The van der Waals surface area contributed by atoms with E-state index in [1.54, 1.807) is 40.7 Å². The maximum atomic E-state index is 12.4. The van der Waals surface area contributed by atoms with Crippen LogP contribution in [0.4, 0.5) is 0 Å². The van der Waals surface area contributed by atoms with Gasteiger partial charge in [-0.15, -0.1) is 0 Å². The van der Waals surface area contributed by atoms with Gasteiger partial charge in [0.15, 0.2) is 11.5 Å². The molecule has 0 aliphatic heterocycles. The minimum Gasteiger partial charge on any atom is -0.480 e. The Kier molecular flexibility index (Phi) is 10.5. The fourth-order valence-corrected chi connectivity index (χ4v) is 2.98. The molecular formula is C24H35NO8. The van der Waals surface area contributed by atoms with Gasteiger partial charge in [-0.1, -0.05) is 33.8 Å². The van der Waals surface area contributed by atoms with Gasteiger partial charge in [-0.05, 0) is 43.9 Å². The summed E-state index contributed by atoms with van der Waals surface area (Å²) in [4.78, 5) is 47.8. The first kappa shape index (κ1) is 28.1. The van der Waals surface area contributed by atoms with E-state index in [1.807, 2.05) is 6.92 Å². The first-order chi connectivity index (χ1) is 15.4. The van der Waals surface area contributed by atoms with Crippen molar-refractivity contribution in [1.29, 1.82) is 0 Å². The Bertz CT molecular complexity index is 864. The van der Waals surface area contributed by atoms with Crippen molar-refractivity contribution in [2.75, 3.05) is 6.61 Å². The summed E-state index contributed by atoms with van der Waals surface area (Å²) in [7, 11) is 0. The Morgan fingerprint density at radius 1 is 1.00 bits per heavy atom. The van der Waals surface area contributed by atoms with Crippen LogP contribution >= 0.6 is 0 Å². The minimum atomic E-state index is -1.32. The number of nitrogens with two attached hydrogens (primary N) is 1. The lowest BCUT2D eigenvalue weighted by Gasteiger charge is -2.29. The van der Waals surface area contributed by atoms with Crippen molar-refractivity contribution >= 4 is 23.9 Å². The summed E-state index contributed by atoms with van der Waals surface area (Å²) >= 11 is 0. The average molecular weight is 466 g/mol. The molecule has 3 atom stereocenters. The highest BCUT2D eigenvalue weighted by Gasteiger charge is 2.34. The number of ether oxygens (including phenoxy) is 3. The Labute approximate surface area is 194 Å². The Hall–Kier alpha value is -2.94. The van der Waals surface area contributed by atoms with E-state index < -0.39 is 41.2 Å². The predicted octanol–water partition coefficient (Wildman–Crippen LogP) is 3.43. The number of rotatable bonds is 12. The maximum absolute atomic E-state index is 12.4. The summed E-state index contributed by atoms with van der Waals surface area (Å²) in [6, 6.07) is 3.11. The van der Waals surface area contributed by atoms with Crippen LogP contribution in [0.2, 0.25) is 0 Å². The molecule has 0 fully saturated rings. The highest BCUT2D eigenvalue weighted by molar-refractivity contribution is 5.77. The van der Waals surface area contributed by atoms with E-state index in [1.165, 1.54) is 12.1 Å². The van der Waals surface area contributed by atoms with E-state index >= 15 is 0 Å². The van der Waals surface area contributed by atoms with Crippen molar-refractivity contribution in [3.8, 4) is 11.5 Å². The van der Waals surface area contributed by atoms with Crippen molar-refractivity contribution in [3.63, 3.8) is 0 Å². The summed E-state index contributed by atoms with van der Waals surface area (Å²) < 4.78 is 16.0. The molecule has 2 unspecified atom stereocenters. The zero-order valence-electron chi connectivity index (χ0n) is 20.2. The largest absolute Gasteiger partial charge is 0.480 e. The van der Waals surface area contributed by atoms with E-state index in [9.17, 15) is 24.3 Å². The van der Waals surface area contributed by atoms with Gasteiger partial charge in [-0.25, -0.2) is 0 Å². The zero-order valence-corrected chi connectivity index (χ0v) is 20.2. The van der Waals surface area contributed by atoms with Crippen LogP contribution in [0.15, 0.2) is 18.2 Å². The van der Waals surface area contributed by atoms with Gasteiger partial charge >= 0.3 is 23.9 Å². The standard InChI is InChI=1S/C24H35NO8/c1-7-18(26)32-16-11-10-15(12-17(16)33-19(27)8-2)20(21(25)22(28)29)14(4)13-31-23(30)24(5,6)9-3/h10-12,14,20-21H,7-9,13,25H2,1-6H3,(H,28,29)/t14?,20?,21-/m0/s1. The smallest absolute Gasteiger partial charge is 0.321 e. The van der Waals surface area contributed by atoms with E-state index in [-0.39, 0.29) is 36.9 Å². The fraction of sp³-hybridized carbons (Fsp3) is 0.583. The molecule has 0 radical (unpaired) electrons. The topological polar surface area (TPSA) is 142 Å². The van der Waals surface area contributed by atoms with Crippen molar-refractivity contribution in [3.05, 3.63) is 23.8 Å². The number of hydrogen-bond donors (Lipinski definition) is 2. The number of carboxylic acid groups (broad SMARTS) is 1. The predicted molar refractivity (Wildman–Crippen MR) is 121 cm³/mol. The molecule has 0 amide bonds. The molecule has 9 heteroatoms. The molecule has 0 aromatic heterocycles. The highest BCUT2D eigenvalue weighted by Crippen LogP contribution is 2.36. The van der Waals surface area contributed by atoms with Crippen LogP contribution < -0.4 is 15.2 Å². The van der Waals surface area contributed by atoms with Gasteiger partial charge in [0.25, 0.3) is 0 Å². The SMILES string of the molecule is CCC(=O)Oc1ccc(C(C(C)COC(=O)C(C)(C)CC)[C@H](N)C(=O)O)cc1OC(=O)CC. The minimum absolute atomic E-state index is 0.0138. The number of carbonyl (C=O) groups excluding carboxylic acids is 3. The number of esters is 3. The molecule has 184 valence electrons. The lowest BCUT2D eigenvalue weighted by atomic mass is 9.81. The molecule has 0 spiro atoms. The van der Waals surface area contributed by atoms with Gasteiger partial charge in [0.1, 0.15) is 6.04 Å². The molecule has 0 saturated carbocycles. The summed E-state index contributed by atoms with van der Waals surface area (Å²) in [5.74, 6) is -3.93. The van der Waals surface area contributed by atoms with Crippen molar-refractivity contribution in [2.45, 2.75) is 72.8 Å². The number of hydrogen-bond acceptors (Lipinski definition) is 8.